The summed E-state index contributed by atoms with van der Waals surface area (Å²) in [6, 6.07) is 3.18. The maximum Gasteiger partial charge on any atom is 0.403 e. The minimum absolute atomic E-state index is 0.0489. The number of pyridine rings is 2. The highest BCUT2D eigenvalue weighted by atomic mass is 19.4. The van der Waals surface area contributed by atoms with Crippen molar-refractivity contribution in [2.45, 2.75) is 63.6 Å². The number of carbonyl (C=O) groups is 4. The van der Waals surface area contributed by atoms with Gasteiger partial charge in [0.25, 0.3) is 0 Å². The summed E-state index contributed by atoms with van der Waals surface area (Å²) in [6.45, 7) is 4.59. The lowest BCUT2D eigenvalue weighted by molar-refractivity contribution is -0.168. The number of carboxylic acid groups (broad SMARTS) is 1. The molecule has 0 spiro atoms. The van der Waals surface area contributed by atoms with Crippen LogP contribution in [-0.2, 0) is 0 Å². The highest BCUT2D eigenvalue weighted by Gasteiger charge is 2.43. The van der Waals surface area contributed by atoms with Crippen LogP contribution < -0.4 is 36.0 Å². The minimum Gasteiger partial charge on any atom is -0.477 e. The van der Waals surface area contributed by atoms with Crippen molar-refractivity contribution < 1.29 is 50.6 Å². The lowest BCUT2D eigenvalue weighted by atomic mass is 10.0. The van der Waals surface area contributed by atoms with Gasteiger partial charge in [-0.05, 0) is 44.0 Å². The summed E-state index contributed by atoms with van der Waals surface area (Å²) in [5, 5.41) is 14.6. The number of carboxylic acids is 1. The number of nitrogens with one attached hydrogen (secondary N) is 4. The molecule has 6 aromatic heterocycles. The third-order valence-electron chi connectivity index (χ3n) is 11.2. The Balaban J connectivity index is 0.000000161. The predicted molar refractivity (Wildman–Crippen MR) is 227 cm³/mol. The van der Waals surface area contributed by atoms with E-state index in [9.17, 15) is 50.6 Å². The number of alkyl halides is 6. The first-order valence-corrected chi connectivity index (χ1v) is 20.4. The molecule has 10 heterocycles. The Bertz CT molecular complexity index is 2860. The van der Waals surface area contributed by atoms with E-state index in [1.165, 1.54) is 47.0 Å². The number of carbonyl (C=O) groups excluding carboxylic acids is 3. The number of hydrogen-bond acceptors (Lipinski definition) is 15. The second-order valence-electron chi connectivity index (χ2n) is 15.8. The summed E-state index contributed by atoms with van der Waals surface area (Å²) in [6.07, 6.45) is -1.99. The Hall–Kier alpha value is -7.78. The smallest absolute Gasteiger partial charge is 0.403 e. The number of aromatic amines is 2. The van der Waals surface area contributed by atoms with E-state index >= 15 is 0 Å². The van der Waals surface area contributed by atoms with Crippen LogP contribution in [0.25, 0.3) is 22.3 Å². The zero-order valence-corrected chi connectivity index (χ0v) is 35.2. The molecule has 2 saturated heterocycles. The fraction of sp³-hybridized carbons (Fsp3) is 0.385. The largest absolute Gasteiger partial charge is 0.477 e. The molecule has 28 heteroatoms. The molecule has 6 aromatic rings. The number of halogens is 6. The first kappa shape index (κ1) is 45.8. The molecule has 4 bridgehead atoms. The fourth-order valence-corrected chi connectivity index (χ4v) is 7.62. The van der Waals surface area contributed by atoms with Crippen molar-refractivity contribution in [3.63, 3.8) is 0 Å². The molecule has 2 fully saturated rings. The summed E-state index contributed by atoms with van der Waals surface area (Å²) < 4.78 is 71.9. The Morgan fingerprint density at radius 3 is 1.60 bits per heavy atom. The molecule has 4 amide bonds. The van der Waals surface area contributed by atoms with Gasteiger partial charge in [0.2, 0.25) is 11.9 Å². The van der Waals surface area contributed by atoms with Gasteiger partial charge in [-0.3, -0.25) is 25.2 Å². The third kappa shape index (κ3) is 9.63. The monoisotopic (exact) mass is 939 g/mol. The number of H-pyrrole nitrogens is 2. The van der Waals surface area contributed by atoms with Crippen molar-refractivity contribution in [3.05, 3.63) is 60.7 Å². The number of rotatable bonds is 6. The predicted octanol–water partition coefficient (Wildman–Crippen LogP) is 5.12. The Morgan fingerprint density at radius 2 is 1.16 bits per heavy atom. The first-order chi connectivity index (χ1) is 31.7. The Labute approximate surface area is 373 Å². The average Bonchev–Trinajstić information content (AvgIpc) is 4.11. The van der Waals surface area contributed by atoms with Crippen LogP contribution in [0.2, 0.25) is 0 Å². The molecule has 4 aliphatic heterocycles. The van der Waals surface area contributed by atoms with Crippen molar-refractivity contribution >= 4 is 81.0 Å². The van der Waals surface area contributed by atoms with E-state index in [2.05, 4.69) is 71.1 Å². The molecule has 352 valence electrons. The van der Waals surface area contributed by atoms with Gasteiger partial charge in [-0.2, -0.15) is 36.3 Å². The van der Waals surface area contributed by atoms with Gasteiger partial charge in [-0.25, -0.2) is 44.3 Å². The summed E-state index contributed by atoms with van der Waals surface area (Å²) in [5.41, 5.74) is 7.71. The molecule has 4 atom stereocenters. The van der Waals surface area contributed by atoms with E-state index < -0.39 is 54.5 Å². The highest BCUT2D eigenvalue weighted by Crippen LogP contribution is 2.41. The lowest BCUT2D eigenvalue weighted by Gasteiger charge is -2.35. The van der Waals surface area contributed by atoms with Gasteiger partial charge in [0.15, 0.2) is 34.4 Å². The van der Waals surface area contributed by atoms with Crippen molar-refractivity contribution in [2.75, 3.05) is 56.4 Å². The van der Waals surface area contributed by atoms with Crippen molar-refractivity contribution in [3.8, 4) is 0 Å². The number of anilines is 6. The maximum absolute atomic E-state index is 13.2. The molecule has 0 aliphatic carbocycles. The normalized spacial score (nSPS) is 18.0. The summed E-state index contributed by atoms with van der Waals surface area (Å²) in [7, 11) is 0. The van der Waals surface area contributed by atoms with Crippen LogP contribution in [0.3, 0.4) is 0 Å². The van der Waals surface area contributed by atoms with E-state index in [0.29, 0.717) is 59.9 Å². The van der Waals surface area contributed by atoms with Gasteiger partial charge in [-0.15, -0.1) is 0 Å². The molecule has 0 saturated carbocycles. The topological polar surface area (TPSA) is 286 Å². The Kier molecular flexibility index (Phi) is 12.2. The minimum atomic E-state index is -4.48. The quantitative estimate of drug-likeness (QED) is 0.0933. The third-order valence-corrected chi connectivity index (χ3v) is 11.2. The molecule has 0 radical (unpaired) electrons. The second-order valence-corrected chi connectivity index (χ2v) is 15.8. The average molecular weight is 940 g/mol. The fourth-order valence-electron chi connectivity index (χ4n) is 7.62. The zero-order chi connectivity index (χ0) is 47.9. The highest BCUT2D eigenvalue weighted by molar-refractivity contribution is 6.06. The van der Waals surface area contributed by atoms with Crippen molar-refractivity contribution in [1.82, 2.24) is 49.8 Å². The lowest BCUT2D eigenvalue weighted by Crippen LogP contribution is -2.48. The van der Waals surface area contributed by atoms with Crippen LogP contribution in [0.1, 0.15) is 54.1 Å². The van der Waals surface area contributed by atoms with E-state index in [1.54, 1.807) is 12.1 Å². The number of fused-ring (bicyclic) bond motifs is 10. The number of amides is 4. The van der Waals surface area contributed by atoms with Gasteiger partial charge in [0.05, 0.1) is 60.5 Å². The van der Waals surface area contributed by atoms with Crippen molar-refractivity contribution in [1.29, 1.82) is 0 Å². The van der Waals surface area contributed by atoms with Crippen LogP contribution in [0.4, 0.5) is 70.8 Å². The number of urea groups is 2. The SMILES string of the molecule is C[C@@H](CC(=O)c1ccc2c(n1)N(C(=O)Nc1ncc3[nH]cnc3n1)[C@H]1CCN2C1)C(F)(F)F.C[C@@H](N)C(F)(F)F.O=C(O)c1ccc2c(n1)N(C(=O)Nc1ncc3[nH]cnc3n1)[C@H]1CCN2C1. The summed E-state index contributed by atoms with van der Waals surface area (Å²) in [4.78, 5) is 96.0. The Morgan fingerprint density at radius 1 is 0.716 bits per heavy atom. The molecular weight excluding hydrogens is 901 g/mol. The summed E-state index contributed by atoms with van der Waals surface area (Å²) >= 11 is 0. The maximum atomic E-state index is 13.2. The number of imidazole rings is 2. The van der Waals surface area contributed by atoms with Crippen LogP contribution in [0.15, 0.2) is 49.3 Å². The second kappa shape index (κ2) is 17.9. The molecule has 67 heavy (non-hydrogen) atoms. The standard InChI is InChI=1S/C20H19F3N8O2.C16H14N8O3.C3H6F3N/c1-10(20(21,22)23)6-15(32)12-2-3-14-17(27-12)31(11-4-5-30(14)8-11)19(33)29-18-24-7-13-16(28-18)26-9-25-13;25-14(26)9-1-2-11-13(20-9)24(8-3-4-23(11)6-8)16(27)22-15-17-5-10-12(21-15)19-7-18-10;1-2(7)3(4,5)6/h2-3,7,9-11H,4-6,8H2,1H3,(H2,24,25,26,28,29,33);1-2,5,7-8H,3-4,6H2,(H,25,26)(H2,17,18,19,21,22,27);2H,7H2,1H3/t10-,11-;8-;2-/m001/s1. The summed E-state index contributed by atoms with van der Waals surface area (Å²) in [5.74, 6) is -2.93. The number of nitrogens with two attached hydrogens (primary N) is 1. The van der Waals surface area contributed by atoms with Gasteiger partial charge in [0, 0.05) is 32.6 Å². The van der Waals surface area contributed by atoms with Crippen LogP contribution in [0.5, 0.6) is 0 Å². The van der Waals surface area contributed by atoms with Crippen LogP contribution in [-0.4, -0.2) is 135 Å². The van der Waals surface area contributed by atoms with Crippen LogP contribution in [0, 0.1) is 5.92 Å². The molecule has 22 nitrogen and oxygen atoms in total. The van der Waals surface area contributed by atoms with E-state index in [-0.39, 0.29) is 41.2 Å². The van der Waals surface area contributed by atoms with Gasteiger partial charge in [-0.1, -0.05) is 6.92 Å². The van der Waals surface area contributed by atoms with Gasteiger partial charge >= 0.3 is 30.4 Å². The number of hydrogen-bond donors (Lipinski definition) is 6. The number of nitrogens with zero attached hydrogens (tertiary/aromatic N) is 12. The molecule has 4 aliphatic rings. The van der Waals surface area contributed by atoms with E-state index in [0.717, 1.165) is 32.5 Å². The zero-order valence-electron chi connectivity index (χ0n) is 35.2. The van der Waals surface area contributed by atoms with E-state index in [1.807, 2.05) is 4.90 Å². The molecule has 0 aromatic carbocycles. The van der Waals surface area contributed by atoms with Crippen molar-refractivity contribution in [2.24, 2.45) is 11.7 Å². The number of Topliss-reactive ketones (excluding diaryl/α,β-unsaturated/α-hetero) is 1. The molecule has 10 rings (SSSR count). The number of aromatic nitrogens is 10. The molecule has 7 N–H and O–H groups in total. The van der Waals surface area contributed by atoms with E-state index in [4.69, 9.17) is 0 Å². The number of aromatic carboxylic acids is 1. The van der Waals surface area contributed by atoms with Crippen LogP contribution >= 0.6 is 0 Å². The van der Waals surface area contributed by atoms with Gasteiger partial charge < -0.3 is 30.6 Å². The number of ketones is 1. The first-order valence-electron chi connectivity index (χ1n) is 20.4. The molecular formula is C39H39F6N17O5. The van der Waals surface area contributed by atoms with Gasteiger partial charge in [0.1, 0.15) is 16.7 Å². The molecule has 0 unspecified atom stereocenters.